The molecule has 0 aliphatic carbocycles. The largest absolute Gasteiger partial charge is 0.480 e. The van der Waals surface area contributed by atoms with E-state index in [1.54, 1.807) is 13.3 Å². The maximum absolute atomic E-state index is 5.25. The van der Waals surface area contributed by atoms with Crippen LogP contribution in [0.5, 0.6) is 5.88 Å². The third-order valence-electron chi connectivity index (χ3n) is 3.92. The van der Waals surface area contributed by atoms with E-state index in [0.29, 0.717) is 17.1 Å². The van der Waals surface area contributed by atoms with Crippen molar-refractivity contribution in [2.45, 2.75) is 12.2 Å². The molecule has 1 fully saturated rings. The summed E-state index contributed by atoms with van der Waals surface area (Å²) in [6.45, 7) is 6.60. The predicted molar refractivity (Wildman–Crippen MR) is 120 cm³/mol. The summed E-state index contributed by atoms with van der Waals surface area (Å²) in [5, 5.41) is 4.01. The molecule has 1 aliphatic heterocycles. The summed E-state index contributed by atoms with van der Waals surface area (Å²) >= 11 is 5.23. The fraction of sp³-hybridized carbons (Fsp3) is 0.667. The number of halogens is 2. The molecule has 0 amide bonds. The summed E-state index contributed by atoms with van der Waals surface area (Å²) in [6, 6.07) is 0. The molecule has 0 spiro atoms. The summed E-state index contributed by atoms with van der Waals surface area (Å²) in [6.07, 6.45) is 3.86. The minimum Gasteiger partial charge on any atom is -0.480 e. The van der Waals surface area contributed by atoms with Gasteiger partial charge in [0.1, 0.15) is 0 Å². The molecule has 0 aromatic carbocycles. The lowest BCUT2D eigenvalue weighted by atomic mass is 10.3. The van der Waals surface area contributed by atoms with Crippen LogP contribution in [-0.2, 0) is 0 Å². The van der Waals surface area contributed by atoms with Crippen LogP contribution in [0.2, 0.25) is 0 Å². The van der Waals surface area contributed by atoms with Crippen molar-refractivity contribution in [2.24, 2.45) is 4.99 Å². The van der Waals surface area contributed by atoms with Gasteiger partial charge >= 0.3 is 0 Å². The Morgan fingerprint density at radius 2 is 2.12 bits per heavy atom. The molecule has 25 heavy (non-hydrogen) atoms. The number of nitrogens with zero attached hydrogens (tertiary/aromatic N) is 5. The maximum atomic E-state index is 5.25. The Kier molecular flexibility index (Phi) is 10.2. The van der Waals surface area contributed by atoms with E-state index in [9.17, 15) is 0 Å². The molecule has 10 heteroatoms. The molecule has 1 atom stereocenters. The second-order valence-corrected chi connectivity index (χ2v) is 7.61. The van der Waals surface area contributed by atoms with Gasteiger partial charge in [-0.25, -0.2) is 4.98 Å². The third kappa shape index (κ3) is 6.31. The average Bonchev–Trinajstić information content (AvgIpc) is 2.63. The number of nitrogens with one attached hydrogen (secondary N) is 1. The number of thioether (sulfide) groups is 1. The first kappa shape index (κ1) is 22.6. The Morgan fingerprint density at radius 1 is 1.44 bits per heavy atom. The third-order valence-corrected chi connectivity index (χ3v) is 5.43. The highest BCUT2D eigenvalue weighted by Gasteiger charge is 2.22. The van der Waals surface area contributed by atoms with Gasteiger partial charge < -0.3 is 19.9 Å². The van der Waals surface area contributed by atoms with E-state index in [-0.39, 0.29) is 24.0 Å². The van der Waals surface area contributed by atoms with Crippen LogP contribution in [0, 0.1) is 0 Å². The predicted octanol–water partition coefficient (Wildman–Crippen LogP) is 2.31. The lowest BCUT2D eigenvalue weighted by Gasteiger charge is -2.36. The molecule has 1 unspecified atom stereocenters. The molecular weight excluding hydrogens is 519 g/mol. The van der Waals surface area contributed by atoms with Gasteiger partial charge in [-0.15, -0.1) is 24.0 Å². The van der Waals surface area contributed by atoms with Crippen LogP contribution >= 0.6 is 51.7 Å². The molecule has 1 aromatic rings. The zero-order chi connectivity index (χ0) is 17.5. The van der Waals surface area contributed by atoms with Crippen LogP contribution in [0.4, 0.5) is 5.95 Å². The van der Waals surface area contributed by atoms with Gasteiger partial charge in [0.2, 0.25) is 11.8 Å². The van der Waals surface area contributed by atoms with Crippen molar-refractivity contribution < 1.29 is 4.74 Å². The number of ether oxygens (including phenoxy) is 1. The van der Waals surface area contributed by atoms with E-state index in [2.05, 4.69) is 59.2 Å². The highest BCUT2D eigenvalue weighted by atomic mass is 127. The summed E-state index contributed by atoms with van der Waals surface area (Å²) < 4.78 is 6.02. The van der Waals surface area contributed by atoms with Crippen LogP contribution in [-0.4, -0.2) is 79.2 Å². The van der Waals surface area contributed by atoms with E-state index in [1.165, 1.54) is 0 Å². The minimum absolute atomic E-state index is 0. The molecule has 1 N–H and O–H groups in total. The highest BCUT2D eigenvalue weighted by Crippen LogP contribution is 2.23. The number of anilines is 1. The van der Waals surface area contributed by atoms with E-state index < -0.39 is 0 Å². The summed E-state index contributed by atoms with van der Waals surface area (Å²) in [4.78, 5) is 17.7. The molecule has 2 rings (SSSR count). The smallest absolute Gasteiger partial charge is 0.232 e. The molecule has 2 heterocycles. The van der Waals surface area contributed by atoms with Crippen molar-refractivity contribution in [1.29, 1.82) is 0 Å². The molecule has 1 aromatic heterocycles. The zero-order valence-corrected chi connectivity index (χ0v) is 19.8. The highest BCUT2D eigenvalue weighted by molar-refractivity contribution is 14.0. The lowest BCUT2D eigenvalue weighted by Crippen LogP contribution is -2.53. The molecule has 0 bridgehead atoms. The van der Waals surface area contributed by atoms with Gasteiger partial charge in [-0.1, -0.05) is 6.92 Å². The number of rotatable bonds is 5. The molecule has 1 saturated heterocycles. The first-order valence-corrected chi connectivity index (χ1v) is 9.97. The Bertz CT molecular complexity index is 571. The van der Waals surface area contributed by atoms with E-state index >= 15 is 0 Å². The van der Waals surface area contributed by atoms with Crippen molar-refractivity contribution in [3.8, 4) is 5.88 Å². The first-order chi connectivity index (χ1) is 11.6. The van der Waals surface area contributed by atoms with Gasteiger partial charge in [0.25, 0.3) is 0 Å². The number of aliphatic imine (C=N–C) groups is 1. The van der Waals surface area contributed by atoms with Crippen LogP contribution in [0.25, 0.3) is 0 Å². The number of hydrogen-bond acceptors (Lipinski definition) is 6. The van der Waals surface area contributed by atoms with Crippen molar-refractivity contribution in [3.63, 3.8) is 0 Å². The van der Waals surface area contributed by atoms with Gasteiger partial charge in [0.15, 0.2) is 5.96 Å². The van der Waals surface area contributed by atoms with Gasteiger partial charge in [0.05, 0.1) is 17.8 Å². The summed E-state index contributed by atoms with van der Waals surface area (Å²) in [5.41, 5.74) is 0. The topological polar surface area (TPSA) is 65.9 Å². The molecule has 7 nitrogen and oxygen atoms in total. The van der Waals surface area contributed by atoms with E-state index in [4.69, 9.17) is 4.74 Å². The standard InChI is InChI=1S/C15H25BrN6OS.HI/c1-11(24-4)9-18-14(17-2)21-5-7-22(8-6-21)15-19-10-12(16)13(20-15)23-3;/h10-11H,5-9H2,1-4H3,(H,17,18);1H. The second kappa shape index (κ2) is 11.3. The van der Waals surface area contributed by atoms with E-state index in [0.717, 1.165) is 43.2 Å². The average molecular weight is 545 g/mol. The number of methoxy groups -OCH3 is 1. The van der Waals surface area contributed by atoms with Gasteiger partial charge in [0, 0.05) is 45.0 Å². The normalized spacial score (nSPS) is 16.3. The molecule has 0 radical (unpaired) electrons. The molecular formula is C15H26BrIN6OS. The van der Waals surface area contributed by atoms with Crippen LogP contribution in [0.3, 0.4) is 0 Å². The second-order valence-electron chi connectivity index (χ2n) is 5.48. The molecule has 1 aliphatic rings. The summed E-state index contributed by atoms with van der Waals surface area (Å²) in [5.74, 6) is 2.23. The minimum atomic E-state index is 0. The Morgan fingerprint density at radius 3 is 2.68 bits per heavy atom. The van der Waals surface area contributed by atoms with Gasteiger partial charge in [-0.3, -0.25) is 4.99 Å². The van der Waals surface area contributed by atoms with Crippen molar-refractivity contribution >= 4 is 63.6 Å². The number of hydrogen-bond donors (Lipinski definition) is 1. The molecule has 142 valence electrons. The Balaban J connectivity index is 0.00000312. The fourth-order valence-corrected chi connectivity index (χ4v) is 3.01. The molecule has 0 saturated carbocycles. The zero-order valence-electron chi connectivity index (χ0n) is 15.0. The number of guanidine groups is 1. The Hall–Kier alpha value is -0.490. The number of piperazine rings is 1. The monoisotopic (exact) mass is 544 g/mol. The SMILES string of the molecule is CN=C(NCC(C)SC)N1CCN(c2ncc(Br)c(OC)n2)CC1.I. The van der Waals surface area contributed by atoms with Crippen LogP contribution < -0.4 is 15.0 Å². The van der Waals surface area contributed by atoms with Crippen LogP contribution in [0.1, 0.15) is 6.92 Å². The van der Waals surface area contributed by atoms with Gasteiger partial charge in [-0.2, -0.15) is 16.7 Å². The van der Waals surface area contributed by atoms with Crippen molar-refractivity contribution in [2.75, 3.05) is 58.0 Å². The Labute approximate surface area is 179 Å². The van der Waals surface area contributed by atoms with E-state index in [1.807, 2.05) is 18.8 Å². The first-order valence-electron chi connectivity index (χ1n) is 7.89. The van der Waals surface area contributed by atoms with Crippen molar-refractivity contribution in [1.82, 2.24) is 20.2 Å². The summed E-state index contributed by atoms with van der Waals surface area (Å²) in [7, 11) is 3.45. The number of aromatic nitrogens is 2. The fourth-order valence-electron chi connectivity index (χ4n) is 2.41. The van der Waals surface area contributed by atoms with Crippen molar-refractivity contribution in [3.05, 3.63) is 10.7 Å². The van der Waals surface area contributed by atoms with Gasteiger partial charge in [-0.05, 0) is 22.2 Å². The quantitative estimate of drug-likeness (QED) is 0.346. The van der Waals surface area contributed by atoms with Crippen LogP contribution in [0.15, 0.2) is 15.7 Å². The maximum Gasteiger partial charge on any atom is 0.232 e. The lowest BCUT2D eigenvalue weighted by molar-refractivity contribution is 0.366.